The molecule has 0 spiro atoms. The van der Waals surface area contributed by atoms with Gasteiger partial charge in [-0.25, -0.2) is 13.2 Å². The summed E-state index contributed by atoms with van der Waals surface area (Å²) in [6, 6.07) is 1.37. The summed E-state index contributed by atoms with van der Waals surface area (Å²) in [7, 11) is -2.23. The lowest BCUT2D eigenvalue weighted by Crippen LogP contribution is -2.27. The molecule has 8 heteroatoms. The van der Waals surface area contributed by atoms with Crippen LogP contribution in [0.4, 0.5) is 0 Å². The van der Waals surface area contributed by atoms with Crippen LogP contribution in [-0.2, 0) is 14.8 Å². The molecular weight excluding hydrogens is 342 g/mol. The topological polar surface area (TPSA) is 63.7 Å². The smallest absolute Gasteiger partial charge is 0.348 e. The SMILES string of the molecule is COC(=O)c1cc(S(=O)(=O)N2CCCC2)c(Br)s1. The van der Waals surface area contributed by atoms with Crippen molar-refractivity contribution in [3.8, 4) is 0 Å². The monoisotopic (exact) mass is 353 g/mol. The van der Waals surface area contributed by atoms with Crippen molar-refractivity contribution >= 4 is 43.3 Å². The summed E-state index contributed by atoms with van der Waals surface area (Å²) in [6.45, 7) is 1.08. The minimum absolute atomic E-state index is 0.148. The van der Waals surface area contributed by atoms with Gasteiger partial charge in [-0.15, -0.1) is 11.3 Å². The molecule has 0 unspecified atom stereocenters. The first-order valence-electron chi connectivity index (χ1n) is 5.34. The summed E-state index contributed by atoms with van der Waals surface area (Å²) in [5.74, 6) is -0.524. The number of methoxy groups -OCH3 is 1. The highest BCUT2D eigenvalue weighted by atomic mass is 79.9. The van der Waals surface area contributed by atoms with Crippen molar-refractivity contribution in [2.45, 2.75) is 17.7 Å². The molecule has 0 aromatic carbocycles. The van der Waals surface area contributed by atoms with Gasteiger partial charge in [-0.1, -0.05) is 0 Å². The van der Waals surface area contributed by atoms with Gasteiger partial charge >= 0.3 is 5.97 Å². The maximum atomic E-state index is 12.3. The van der Waals surface area contributed by atoms with Crippen molar-refractivity contribution in [3.63, 3.8) is 0 Å². The highest BCUT2D eigenvalue weighted by Crippen LogP contribution is 2.34. The van der Waals surface area contributed by atoms with Gasteiger partial charge in [0.15, 0.2) is 0 Å². The van der Waals surface area contributed by atoms with E-state index in [9.17, 15) is 13.2 Å². The first-order valence-corrected chi connectivity index (χ1v) is 8.39. The van der Waals surface area contributed by atoms with Gasteiger partial charge in [0.2, 0.25) is 10.0 Å². The Bertz CT molecular complexity index is 560. The van der Waals surface area contributed by atoms with Crippen LogP contribution >= 0.6 is 27.3 Å². The summed E-state index contributed by atoms with van der Waals surface area (Å²) < 4.78 is 31.1. The molecule has 2 heterocycles. The van der Waals surface area contributed by atoms with Crippen molar-refractivity contribution in [1.82, 2.24) is 4.31 Å². The number of hydrogen-bond acceptors (Lipinski definition) is 5. The van der Waals surface area contributed by atoms with E-state index in [0.29, 0.717) is 16.9 Å². The molecule has 0 amide bonds. The third kappa shape index (κ3) is 2.47. The Morgan fingerprint density at radius 2 is 2.06 bits per heavy atom. The molecule has 1 aliphatic heterocycles. The van der Waals surface area contributed by atoms with Gasteiger partial charge in [0, 0.05) is 13.1 Å². The van der Waals surface area contributed by atoms with E-state index in [0.717, 1.165) is 24.2 Å². The van der Waals surface area contributed by atoms with E-state index in [-0.39, 0.29) is 9.77 Å². The number of carbonyl (C=O) groups excluding carboxylic acids is 1. The molecule has 0 bridgehead atoms. The molecule has 1 fully saturated rings. The number of rotatable bonds is 3. The molecule has 5 nitrogen and oxygen atoms in total. The number of halogens is 1. The fourth-order valence-electron chi connectivity index (χ4n) is 1.80. The minimum atomic E-state index is -3.50. The average molecular weight is 354 g/mol. The maximum Gasteiger partial charge on any atom is 0.348 e. The molecule has 0 saturated carbocycles. The Balaban J connectivity index is 2.38. The van der Waals surface area contributed by atoms with Crippen molar-refractivity contribution in [2.24, 2.45) is 0 Å². The number of ether oxygens (including phenoxy) is 1. The van der Waals surface area contributed by atoms with Crippen LogP contribution in [0.3, 0.4) is 0 Å². The van der Waals surface area contributed by atoms with Crippen molar-refractivity contribution in [2.75, 3.05) is 20.2 Å². The second kappa shape index (κ2) is 5.28. The Morgan fingerprint density at radius 1 is 1.44 bits per heavy atom. The van der Waals surface area contributed by atoms with Gasteiger partial charge in [0.25, 0.3) is 0 Å². The Hall–Kier alpha value is -0.440. The lowest BCUT2D eigenvalue weighted by Gasteiger charge is -2.14. The number of thiophene rings is 1. The summed E-state index contributed by atoms with van der Waals surface area (Å²) in [6.07, 6.45) is 1.76. The van der Waals surface area contributed by atoms with Gasteiger partial charge in [-0.05, 0) is 34.8 Å². The van der Waals surface area contributed by atoms with Crippen LogP contribution in [0.5, 0.6) is 0 Å². The molecule has 1 aromatic rings. The number of hydrogen-bond donors (Lipinski definition) is 0. The second-order valence-corrected chi connectivity index (χ2v) is 8.13. The third-order valence-corrected chi connectivity index (χ3v) is 6.86. The number of carbonyl (C=O) groups is 1. The van der Waals surface area contributed by atoms with Crippen molar-refractivity contribution in [1.29, 1.82) is 0 Å². The van der Waals surface area contributed by atoms with Gasteiger partial charge < -0.3 is 4.74 Å². The third-order valence-electron chi connectivity index (χ3n) is 2.72. The van der Waals surface area contributed by atoms with Gasteiger partial charge in [-0.3, -0.25) is 0 Å². The first kappa shape index (κ1) is 14.0. The van der Waals surface area contributed by atoms with E-state index < -0.39 is 16.0 Å². The fraction of sp³-hybridized carbons (Fsp3) is 0.500. The minimum Gasteiger partial charge on any atom is -0.465 e. The Labute approximate surface area is 118 Å². The first-order chi connectivity index (χ1) is 8.46. The van der Waals surface area contributed by atoms with Crippen LogP contribution in [0.15, 0.2) is 14.7 Å². The van der Waals surface area contributed by atoms with E-state index in [1.54, 1.807) is 0 Å². The largest absolute Gasteiger partial charge is 0.465 e. The molecule has 18 heavy (non-hydrogen) atoms. The quantitative estimate of drug-likeness (QED) is 0.780. The highest BCUT2D eigenvalue weighted by molar-refractivity contribution is 9.11. The zero-order valence-corrected chi connectivity index (χ0v) is 12.9. The van der Waals surface area contributed by atoms with Crippen LogP contribution in [0.2, 0.25) is 0 Å². The molecule has 0 atom stereocenters. The van der Waals surface area contributed by atoms with E-state index in [4.69, 9.17) is 0 Å². The van der Waals surface area contributed by atoms with Crippen LogP contribution in [-0.4, -0.2) is 38.9 Å². The van der Waals surface area contributed by atoms with E-state index in [2.05, 4.69) is 20.7 Å². The summed E-state index contributed by atoms with van der Waals surface area (Å²) >= 11 is 4.27. The van der Waals surface area contributed by atoms with E-state index >= 15 is 0 Å². The van der Waals surface area contributed by atoms with E-state index in [1.165, 1.54) is 17.5 Å². The lowest BCUT2D eigenvalue weighted by molar-refractivity contribution is 0.0606. The molecular formula is C10H12BrNO4S2. The van der Waals surface area contributed by atoms with Crippen LogP contribution in [0.1, 0.15) is 22.5 Å². The predicted octanol–water partition coefficient (Wildman–Crippen LogP) is 2.08. The van der Waals surface area contributed by atoms with E-state index in [1.807, 2.05) is 0 Å². The fourth-order valence-corrected chi connectivity index (χ4v) is 5.75. The molecule has 100 valence electrons. The normalized spacial score (nSPS) is 17.0. The standard InChI is InChI=1S/C10H12BrNO4S2/c1-16-10(13)7-6-8(9(11)17-7)18(14,15)12-4-2-3-5-12/h6H,2-5H2,1H3. The lowest BCUT2D eigenvalue weighted by atomic mass is 10.4. The number of nitrogens with zero attached hydrogens (tertiary/aromatic N) is 1. The molecule has 2 rings (SSSR count). The average Bonchev–Trinajstić information content (AvgIpc) is 2.96. The van der Waals surface area contributed by atoms with Crippen LogP contribution < -0.4 is 0 Å². The maximum absolute atomic E-state index is 12.3. The van der Waals surface area contributed by atoms with Gasteiger partial charge in [0.05, 0.1) is 10.9 Å². The number of sulfonamides is 1. The summed E-state index contributed by atoms with van der Waals surface area (Å²) in [4.78, 5) is 11.8. The zero-order chi connectivity index (χ0) is 13.3. The van der Waals surface area contributed by atoms with Gasteiger partial charge in [-0.2, -0.15) is 4.31 Å². The number of esters is 1. The molecule has 1 aliphatic rings. The Kier molecular flexibility index (Phi) is 4.10. The predicted molar refractivity (Wildman–Crippen MR) is 71.4 cm³/mol. The van der Waals surface area contributed by atoms with Crippen LogP contribution in [0, 0.1) is 0 Å². The second-order valence-electron chi connectivity index (χ2n) is 3.85. The summed E-state index contributed by atoms with van der Waals surface area (Å²) in [5.41, 5.74) is 0. The molecule has 1 saturated heterocycles. The van der Waals surface area contributed by atoms with Gasteiger partial charge in [0.1, 0.15) is 9.77 Å². The zero-order valence-electron chi connectivity index (χ0n) is 9.68. The molecule has 0 radical (unpaired) electrons. The molecule has 0 N–H and O–H groups in total. The van der Waals surface area contributed by atoms with Crippen LogP contribution in [0.25, 0.3) is 0 Å². The highest BCUT2D eigenvalue weighted by Gasteiger charge is 2.31. The Morgan fingerprint density at radius 3 is 2.61 bits per heavy atom. The van der Waals surface area contributed by atoms with Crippen molar-refractivity contribution in [3.05, 3.63) is 14.7 Å². The molecule has 0 aliphatic carbocycles. The van der Waals surface area contributed by atoms with Crippen molar-refractivity contribution < 1.29 is 17.9 Å². The molecule has 1 aromatic heterocycles. The summed E-state index contributed by atoms with van der Waals surface area (Å²) in [5, 5.41) is 0.